The minimum atomic E-state index is -4.15. The van der Waals surface area contributed by atoms with Crippen molar-refractivity contribution in [3.05, 3.63) is 52.2 Å². The highest BCUT2D eigenvalue weighted by Crippen LogP contribution is 2.21. The summed E-state index contributed by atoms with van der Waals surface area (Å²) >= 11 is 1.48. The van der Waals surface area contributed by atoms with Crippen molar-refractivity contribution in [3.63, 3.8) is 0 Å². The highest BCUT2D eigenvalue weighted by molar-refractivity contribution is 7.12. The number of nitrogens with one attached hydrogen (secondary N) is 3. The maximum Gasteiger partial charge on any atom is 0.390 e. The number of thiophene rings is 1. The molecule has 3 nitrogen and oxygen atoms in total. The van der Waals surface area contributed by atoms with Crippen LogP contribution in [0.1, 0.15) is 23.8 Å². The largest absolute Gasteiger partial charge is 0.390 e. The summed E-state index contributed by atoms with van der Waals surface area (Å²) in [7, 11) is 0. The summed E-state index contributed by atoms with van der Waals surface area (Å²) in [4.78, 5) is 0.844. The van der Waals surface area contributed by atoms with Crippen LogP contribution in [0.2, 0.25) is 0 Å². The summed E-state index contributed by atoms with van der Waals surface area (Å²) in [5, 5.41) is 15.7. The lowest BCUT2D eigenvalue weighted by atomic mass is 10.1. The number of hydrogen-bond donors (Lipinski definition) is 3. The van der Waals surface area contributed by atoms with Crippen molar-refractivity contribution in [1.29, 1.82) is 5.41 Å². The van der Waals surface area contributed by atoms with Gasteiger partial charge in [0.05, 0.1) is 11.3 Å². The molecule has 1 unspecified atom stereocenters. The standard InChI is InChI=1S/C16H18F3N3S/c1-11(9-16(17,18)19)21-10-12-4-6-13(7-5-12)22-15(20)14-3-2-8-23-14/h2-8,11,21H,9-10H2,1H3,(H2,20,22). The van der Waals surface area contributed by atoms with Gasteiger partial charge in [-0.05, 0) is 36.1 Å². The van der Waals surface area contributed by atoms with Gasteiger partial charge in [-0.2, -0.15) is 13.2 Å². The Morgan fingerprint density at radius 3 is 2.48 bits per heavy atom. The third-order valence-corrected chi connectivity index (χ3v) is 4.07. The molecule has 0 aliphatic heterocycles. The van der Waals surface area contributed by atoms with Gasteiger partial charge in [0, 0.05) is 18.3 Å². The van der Waals surface area contributed by atoms with Crippen LogP contribution < -0.4 is 10.6 Å². The van der Waals surface area contributed by atoms with Crippen molar-refractivity contribution in [1.82, 2.24) is 5.32 Å². The molecule has 0 spiro atoms. The third kappa shape index (κ3) is 6.03. The molecule has 1 atom stereocenters. The number of rotatable bonds is 6. The molecule has 1 aromatic carbocycles. The van der Waals surface area contributed by atoms with E-state index < -0.39 is 18.6 Å². The van der Waals surface area contributed by atoms with Gasteiger partial charge in [0.25, 0.3) is 0 Å². The van der Waals surface area contributed by atoms with Crippen molar-refractivity contribution in [2.24, 2.45) is 0 Å². The van der Waals surface area contributed by atoms with E-state index in [0.29, 0.717) is 12.4 Å². The molecular formula is C16H18F3N3S. The van der Waals surface area contributed by atoms with Gasteiger partial charge in [0.2, 0.25) is 0 Å². The monoisotopic (exact) mass is 341 g/mol. The molecule has 1 aromatic heterocycles. The Morgan fingerprint density at radius 1 is 1.22 bits per heavy atom. The van der Waals surface area contributed by atoms with Gasteiger partial charge in [-0.25, -0.2) is 0 Å². The maximum absolute atomic E-state index is 12.3. The van der Waals surface area contributed by atoms with E-state index in [-0.39, 0.29) is 0 Å². The van der Waals surface area contributed by atoms with Gasteiger partial charge in [0.15, 0.2) is 0 Å². The minimum Gasteiger partial charge on any atom is -0.340 e. The van der Waals surface area contributed by atoms with Gasteiger partial charge < -0.3 is 10.6 Å². The van der Waals surface area contributed by atoms with Gasteiger partial charge in [-0.15, -0.1) is 11.3 Å². The normalized spacial score (nSPS) is 12.9. The summed E-state index contributed by atoms with van der Waals surface area (Å²) in [6.45, 7) is 1.89. The SMILES string of the molecule is CC(CC(F)(F)F)NCc1ccc(NC(=N)c2cccs2)cc1. The smallest absolute Gasteiger partial charge is 0.340 e. The van der Waals surface area contributed by atoms with Gasteiger partial charge in [-0.3, -0.25) is 5.41 Å². The molecule has 2 rings (SSSR count). The number of halogens is 3. The van der Waals surface area contributed by atoms with E-state index in [0.717, 1.165) is 16.1 Å². The number of amidine groups is 1. The quantitative estimate of drug-likeness (QED) is 0.530. The third-order valence-electron chi connectivity index (χ3n) is 3.18. The molecule has 2 aromatic rings. The number of anilines is 1. The summed E-state index contributed by atoms with van der Waals surface area (Å²) in [6, 6.07) is 10.4. The summed E-state index contributed by atoms with van der Waals surface area (Å²) in [5.41, 5.74) is 1.67. The molecule has 0 saturated carbocycles. The van der Waals surface area contributed by atoms with Crippen molar-refractivity contribution in [2.75, 3.05) is 5.32 Å². The maximum atomic E-state index is 12.3. The van der Waals surface area contributed by atoms with Crippen LogP contribution in [0.5, 0.6) is 0 Å². The van der Waals surface area contributed by atoms with E-state index in [1.165, 1.54) is 18.3 Å². The van der Waals surface area contributed by atoms with Gasteiger partial charge in [-0.1, -0.05) is 18.2 Å². The molecule has 0 aliphatic rings. The predicted octanol–water partition coefficient (Wildman–Crippen LogP) is 4.62. The van der Waals surface area contributed by atoms with E-state index in [2.05, 4.69) is 10.6 Å². The first kappa shape index (κ1) is 17.5. The molecule has 0 fully saturated rings. The average molecular weight is 341 g/mol. The molecule has 3 N–H and O–H groups in total. The Kier molecular flexibility index (Phi) is 5.79. The summed E-state index contributed by atoms with van der Waals surface area (Å²) in [6.07, 6.45) is -4.99. The molecule has 0 aliphatic carbocycles. The van der Waals surface area contributed by atoms with Gasteiger partial charge >= 0.3 is 6.18 Å². The second-order valence-electron chi connectivity index (χ2n) is 5.28. The van der Waals surface area contributed by atoms with E-state index >= 15 is 0 Å². The first-order valence-corrected chi connectivity index (χ1v) is 8.00. The van der Waals surface area contributed by atoms with Crippen LogP contribution in [-0.4, -0.2) is 18.1 Å². The molecule has 23 heavy (non-hydrogen) atoms. The van der Waals surface area contributed by atoms with Crippen LogP contribution in [0.4, 0.5) is 18.9 Å². The minimum absolute atomic E-state index is 0.324. The zero-order valence-electron chi connectivity index (χ0n) is 12.6. The van der Waals surface area contributed by atoms with Gasteiger partial charge in [0.1, 0.15) is 5.84 Å². The van der Waals surface area contributed by atoms with Crippen LogP contribution >= 0.6 is 11.3 Å². The number of benzene rings is 1. The number of hydrogen-bond acceptors (Lipinski definition) is 3. The summed E-state index contributed by atoms with van der Waals surface area (Å²) < 4.78 is 36.8. The van der Waals surface area contributed by atoms with Crippen molar-refractivity contribution >= 4 is 22.9 Å². The average Bonchev–Trinajstić information content (AvgIpc) is 2.99. The van der Waals surface area contributed by atoms with Crippen molar-refractivity contribution in [2.45, 2.75) is 32.1 Å². The topological polar surface area (TPSA) is 47.9 Å². The molecule has 1 heterocycles. The Bertz CT molecular complexity index is 621. The van der Waals surface area contributed by atoms with E-state index in [9.17, 15) is 13.2 Å². The lowest BCUT2D eigenvalue weighted by Gasteiger charge is -2.16. The van der Waals surface area contributed by atoms with Crippen molar-refractivity contribution < 1.29 is 13.2 Å². The summed E-state index contributed by atoms with van der Waals surface area (Å²) in [5.74, 6) is 0.324. The molecular weight excluding hydrogens is 323 g/mol. The second kappa shape index (κ2) is 7.61. The molecule has 0 saturated heterocycles. The van der Waals surface area contributed by atoms with E-state index in [4.69, 9.17) is 5.41 Å². The van der Waals surface area contributed by atoms with E-state index in [1.54, 1.807) is 0 Å². The first-order valence-electron chi connectivity index (χ1n) is 7.12. The lowest BCUT2D eigenvalue weighted by Crippen LogP contribution is -2.30. The molecule has 0 bridgehead atoms. The Hall–Kier alpha value is -1.86. The fourth-order valence-electron chi connectivity index (χ4n) is 2.04. The van der Waals surface area contributed by atoms with Crippen LogP contribution in [0.3, 0.4) is 0 Å². The fraction of sp³-hybridized carbons (Fsp3) is 0.312. The number of alkyl halides is 3. The first-order chi connectivity index (χ1) is 10.8. The Labute approximate surface area is 137 Å². The molecule has 0 amide bonds. The van der Waals surface area contributed by atoms with Crippen LogP contribution in [-0.2, 0) is 6.54 Å². The fourth-order valence-corrected chi connectivity index (χ4v) is 2.67. The zero-order valence-corrected chi connectivity index (χ0v) is 13.4. The van der Waals surface area contributed by atoms with Crippen LogP contribution in [0.15, 0.2) is 41.8 Å². The molecule has 124 valence electrons. The van der Waals surface area contributed by atoms with Crippen molar-refractivity contribution in [3.8, 4) is 0 Å². The Morgan fingerprint density at radius 2 is 1.91 bits per heavy atom. The molecule has 0 radical (unpaired) electrons. The highest BCUT2D eigenvalue weighted by Gasteiger charge is 2.29. The lowest BCUT2D eigenvalue weighted by molar-refractivity contribution is -0.139. The predicted molar refractivity (Wildman–Crippen MR) is 88.2 cm³/mol. The van der Waals surface area contributed by atoms with Crippen LogP contribution in [0.25, 0.3) is 0 Å². The molecule has 7 heteroatoms. The second-order valence-corrected chi connectivity index (χ2v) is 6.22. The zero-order chi connectivity index (χ0) is 16.9. The Balaban J connectivity index is 1.84. The highest BCUT2D eigenvalue weighted by atomic mass is 32.1. The van der Waals surface area contributed by atoms with Crippen LogP contribution in [0, 0.1) is 5.41 Å². The van der Waals surface area contributed by atoms with E-state index in [1.807, 2.05) is 41.8 Å².